The second kappa shape index (κ2) is 9.61. The van der Waals surface area contributed by atoms with E-state index in [9.17, 15) is 0 Å². The minimum absolute atomic E-state index is 0.0976. The molecule has 1 saturated heterocycles. The van der Waals surface area contributed by atoms with Gasteiger partial charge in [0.25, 0.3) is 0 Å². The Morgan fingerprint density at radius 1 is 1.32 bits per heavy atom. The summed E-state index contributed by atoms with van der Waals surface area (Å²) in [6, 6.07) is 0.257. The van der Waals surface area contributed by atoms with Crippen LogP contribution in [0.3, 0.4) is 0 Å². The molecule has 0 bridgehead atoms. The summed E-state index contributed by atoms with van der Waals surface area (Å²) < 4.78 is 5.29. The highest BCUT2D eigenvalue weighted by Crippen LogP contribution is 2.11. The molecule has 6 heteroatoms. The van der Waals surface area contributed by atoms with Crippen LogP contribution in [0.2, 0.25) is 0 Å². The number of aliphatic hydroxyl groups is 1. The molecule has 0 aromatic carbocycles. The van der Waals surface area contributed by atoms with Gasteiger partial charge < -0.3 is 15.6 Å². The molecular formula is C13H27N3O2S. The minimum Gasteiger partial charge on any atom is -0.394 e. The average molecular weight is 289 g/mol. The standard InChI is InChI=1S/C13H27N3O2S/c1-2-3-12(13(14)19)16-6-4-15(5-7-16)8-10-18-11-9-17/h12,17H,2-11H2,1H3,(H2,14,19). The maximum Gasteiger partial charge on any atom is 0.0902 e. The van der Waals surface area contributed by atoms with E-state index >= 15 is 0 Å². The first-order valence-electron chi connectivity index (χ1n) is 7.13. The molecule has 1 heterocycles. The number of rotatable bonds is 9. The van der Waals surface area contributed by atoms with Crippen LogP contribution in [0.5, 0.6) is 0 Å². The van der Waals surface area contributed by atoms with Crippen LogP contribution in [-0.2, 0) is 4.74 Å². The first kappa shape index (κ1) is 16.8. The number of nitrogens with zero attached hydrogens (tertiary/aromatic N) is 2. The van der Waals surface area contributed by atoms with Gasteiger partial charge in [-0.2, -0.15) is 0 Å². The molecule has 1 aliphatic rings. The van der Waals surface area contributed by atoms with Crippen molar-refractivity contribution in [2.75, 3.05) is 52.5 Å². The molecule has 19 heavy (non-hydrogen) atoms. The maximum atomic E-state index is 8.63. The van der Waals surface area contributed by atoms with E-state index in [-0.39, 0.29) is 12.6 Å². The smallest absolute Gasteiger partial charge is 0.0902 e. The fourth-order valence-corrected chi connectivity index (χ4v) is 2.70. The van der Waals surface area contributed by atoms with E-state index in [0.717, 1.165) is 45.6 Å². The van der Waals surface area contributed by atoms with Gasteiger partial charge in [-0.05, 0) is 6.42 Å². The Morgan fingerprint density at radius 2 is 2.00 bits per heavy atom. The van der Waals surface area contributed by atoms with E-state index in [1.807, 2.05) is 0 Å². The van der Waals surface area contributed by atoms with Crippen molar-refractivity contribution < 1.29 is 9.84 Å². The SMILES string of the molecule is CCCC(C(N)=S)N1CCN(CCOCCO)CC1. The molecule has 1 rings (SSSR count). The van der Waals surface area contributed by atoms with Gasteiger partial charge >= 0.3 is 0 Å². The molecule has 0 amide bonds. The second-order valence-corrected chi connectivity index (χ2v) is 5.39. The van der Waals surface area contributed by atoms with Crippen molar-refractivity contribution in [2.45, 2.75) is 25.8 Å². The summed E-state index contributed by atoms with van der Waals surface area (Å²) in [5.74, 6) is 0. The lowest BCUT2D eigenvalue weighted by Gasteiger charge is -2.38. The summed E-state index contributed by atoms with van der Waals surface area (Å²) in [4.78, 5) is 5.41. The van der Waals surface area contributed by atoms with Gasteiger partial charge in [0, 0.05) is 32.7 Å². The number of ether oxygens (including phenoxy) is 1. The fourth-order valence-electron chi connectivity index (χ4n) is 2.44. The van der Waals surface area contributed by atoms with Crippen LogP contribution in [0, 0.1) is 0 Å². The largest absolute Gasteiger partial charge is 0.394 e. The monoisotopic (exact) mass is 289 g/mol. The van der Waals surface area contributed by atoms with Crippen LogP contribution in [-0.4, -0.2) is 78.5 Å². The zero-order valence-electron chi connectivity index (χ0n) is 11.9. The average Bonchev–Trinajstić information content (AvgIpc) is 2.41. The van der Waals surface area contributed by atoms with Gasteiger partial charge in [-0.1, -0.05) is 25.6 Å². The highest BCUT2D eigenvalue weighted by atomic mass is 32.1. The Labute approximate surface area is 121 Å². The van der Waals surface area contributed by atoms with Gasteiger partial charge in [-0.25, -0.2) is 0 Å². The molecular weight excluding hydrogens is 262 g/mol. The number of nitrogens with two attached hydrogens (primary N) is 1. The summed E-state index contributed by atoms with van der Waals surface area (Å²) in [6.45, 7) is 8.41. The molecule has 3 N–H and O–H groups in total. The van der Waals surface area contributed by atoms with E-state index in [1.165, 1.54) is 0 Å². The number of hydrogen-bond acceptors (Lipinski definition) is 5. The van der Waals surface area contributed by atoms with Crippen LogP contribution in [0.15, 0.2) is 0 Å². The highest BCUT2D eigenvalue weighted by Gasteiger charge is 2.24. The molecule has 0 radical (unpaired) electrons. The molecule has 0 spiro atoms. The molecule has 1 atom stereocenters. The van der Waals surface area contributed by atoms with Crippen molar-refractivity contribution in [3.05, 3.63) is 0 Å². The van der Waals surface area contributed by atoms with Crippen molar-refractivity contribution >= 4 is 17.2 Å². The predicted octanol–water partition coefficient (Wildman–Crippen LogP) is 0.0677. The number of hydrogen-bond donors (Lipinski definition) is 2. The Balaban J connectivity index is 2.25. The third-order valence-corrected chi connectivity index (χ3v) is 3.80. The fraction of sp³-hybridized carbons (Fsp3) is 0.923. The quantitative estimate of drug-likeness (QED) is 0.463. The number of thiocarbonyl (C=S) groups is 1. The normalized spacial score (nSPS) is 19.5. The lowest BCUT2D eigenvalue weighted by molar-refractivity contribution is 0.0538. The third kappa shape index (κ3) is 6.14. The van der Waals surface area contributed by atoms with Crippen LogP contribution < -0.4 is 5.73 Å². The van der Waals surface area contributed by atoms with Gasteiger partial charge in [0.1, 0.15) is 0 Å². The van der Waals surface area contributed by atoms with Crippen LogP contribution in [0.25, 0.3) is 0 Å². The number of piperazine rings is 1. The van der Waals surface area contributed by atoms with Crippen LogP contribution in [0.4, 0.5) is 0 Å². The molecule has 0 aliphatic carbocycles. The first-order valence-corrected chi connectivity index (χ1v) is 7.54. The first-order chi connectivity index (χ1) is 9.19. The zero-order chi connectivity index (χ0) is 14.1. The Kier molecular flexibility index (Phi) is 8.48. The van der Waals surface area contributed by atoms with Crippen molar-refractivity contribution in [3.63, 3.8) is 0 Å². The van der Waals surface area contributed by atoms with Crippen molar-refractivity contribution in [1.82, 2.24) is 9.80 Å². The molecule has 0 aromatic rings. The zero-order valence-corrected chi connectivity index (χ0v) is 12.7. The van der Waals surface area contributed by atoms with Crippen molar-refractivity contribution in [1.29, 1.82) is 0 Å². The minimum atomic E-state index is 0.0976. The summed E-state index contributed by atoms with van der Waals surface area (Å²) in [6.07, 6.45) is 2.16. The maximum absolute atomic E-state index is 8.63. The second-order valence-electron chi connectivity index (χ2n) is 4.92. The predicted molar refractivity (Wildman–Crippen MR) is 81.4 cm³/mol. The van der Waals surface area contributed by atoms with Gasteiger partial charge in [0.05, 0.1) is 30.9 Å². The topological polar surface area (TPSA) is 62.0 Å². The Bertz CT molecular complexity index is 258. The summed E-state index contributed by atoms with van der Waals surface area (Å²) in [7, 11) is 0. The number of aliphatic hydroxyl groups excluding tert-OH is 1. The van der Waals surface area contributed by atoms with Crippen molar-refractivity contribution in [2.24, 2.45) is 5.73 Å². The summed E-state index contributed by atoms with van der Waals surface area (Å²) in [5.41, 5.74) is 5.83. The molecule has 1 aliphatic heterocycles. The van der Waals surface area contributed by atoms with Crippen molar-refractivity contribution in [3.8, 4) is 0 Å². The van der Waals surface area contributed by atoms with Crippen LogP contribution >= 0.6 is 12.2 Å². The lowest BCUT2D eigenvalue weighted by Crippen LogP contribution is -2.54. The van der Waals surface area contributed by atoms with E-state index in [0.29, 0.717) is 18.2 Å². The van der Waals surface area contributed by atoms with Gasteiger partial charge in [0.2, 0.25) is 0 Å². The van der Waals surface area contributed by atoms with E-state index in [4.69, 9.17) is 27.8 Å². The van der Waals surface area contributed by atoms with Gasteiger partial charge in [-0.3, -0.25) is 9.80 Å². The molecule has 1 fully saturated rings. The van der Waals surface area contributed by atoms with Crippen LogP contribution in [0.1, 0.15) is 19.8 Å². The molecule has 0 aromatic heterocycles. The molecule has 1 unspecified atom stereocenters. The lowest BCUT2D eigenvalue weighted by atomic mass is 10.1. The molecule has 0 saturated carbocycles. The highest BCUT2D eigenvalue weighted by molar-refractivity contribution is 7.80. The van der Waals surface area contributed by atoms with E-state index in [2.05, 4.69) is 16.7 Å². The molecule has 112 valence electrons. The van der Waals surface area contributed by atoms with Gasteiger partial charge in [-0.15, -0.1) is 0 Å². The summed E-state index contributed by atoms with van der Waals surface area (Å²) in [5, 5.41) is 8.63. The Morgan fingerprint density at radius 3 is 2.53 bits per heavy atom. The third-order valence-electron chi connectivity index (χ3n) is 3.53. The molecule has 5 nitrogen and oxygen atoms in total. The van der Waals surface area contributed by atoms with E-state index < -0.39 is 0 Å². The Hall–Kier alpha value is -0.270. The summed E-state index contributed by atoms with van der Waals surface area (Å²) >= 11 is 5.17. The van der Waals surface area contributed by atoms with Gasteiger partial charge in [0.15, 0.2) is 0 Å². The van der Waals surface area contributed by atoms with E-state index in [1.54, 1.807) is 0 Å².